The summed E-state index contributed by atoms with van der Waals surface area (Å²) in [5.41, 5.74) is 2.35. The van der Waals surface area contributed by atoms with Crippen molar-refractivity contribution < 1.29 is 14.6 Å². The molecule has 0 fully saturated rings. The molecule has 3 aromatic rings. The Bertz CT molecular complexity index is 988. The molecular formula is C28H34O3Si. The fraction of sp³-hybridized carbons (Fsp3) is 0.357. The van der Waals surface area contributed by atoms with Crippen LogP contribution in [0.15, 0.2) is 78.9 Å². The standard InChI is InChI=1S/C28H34O3Si/c1-28(2,3)32(23-12-6-4-7-13-23,24-14-8-5-9-15-24)31-27-16-10-11-21-19-22(20-29)26(30)18-17-25(21)27/h4-16,22,26,29-30H,17-20H2,1-3H3. The van der Waals surface area contributed by atoms with E-state index >= 15 is 0 Å². The maximum Gasteiger partial charge on any atom is 0.319 e. The molecule has 4 heteroatoms. The number of aliphatic hydroxyl groups is 2. The van der Waals surface area contributed by atoms with E-state index in [9.17, 15) is 10.2 Å². The maximum absolute atomic E-state index is 10.5. The molecule has 0 radical (unpaired) electrons. The van der Waals surface area contributed by atoms with Gasteiger partial charge < -0.3 is 14.6 Å². The molecule has 3 nitrogen and oxygen atoms in total. The molecule has 0 amide bonds. The Morgan fingerprint density at radius 3 is 2.00 bits per heavy atom. The highest BCUT2D eigenvalue weighted by Crippen LogP contribution is 2.40. The van der Waals surface area contributed by atoms with Crippen LogP contribution in [0.25, 0.3) is 0 Å². The lowest BCUT2D eigenvalue weighted by Crippen LogP contribution is -2.68. The van der Waals surface area contributed by atoms with Crippen molar-refractivity contribution in [2.45, 2.75) is 51.2 Å². The molecule has 3 aromatic carbocycles. The van der Waals surface area contributed by atoms with Gasteiger partial charge in [0.25, 0.3) is 0 Å². The summed E-state index contributed by atoms with van der Waals surface area (Å²) >= 11 is 0. The van der Waals surface area contributed by atoms with Gasteiger partial charge in [0.2, 0.25) is 0 Å². The summed E-state index contributed by atoms with van der Waals surface area (Å²) in [5, 5.41) is 22.7. The van der Waals surface area contributed by atoms with E-state index in [4.69, 9.17) is 4.43 Å². The van der Waals surface area contributed by atoms with E-state index in [1.54, 1.807) is 0 Å². The highest BCUT2D eigenvalue weighted by molar-refractivity contribution is 7.00. The Morgan fingerprint density at radius 1 is 0.875 bits per heavy atom. The molecule has 0 aliphatic heterocycles. The van der Waals surface area contributed by atoms with E-state index in [1.807, 2.05) is 0 Å². The average molecular weight is 447 g/mol. The minimum absolute atomic E-state index is 0.000398. The van der Waals surface area contributed by atoms with Crippen LogP contribution in [0.5, 0.6) is 5.75 Å². The van der Waals surface area contributed by atoms with Crippen molar-refractivity contribution in [3.05, 3.63) is 90.0 Å². The minimum atomic E-state index is -2.72. The van der Waals surface area contributed by atoms with Crippen molar-refractivity contribution >= 4 is 18.7 Å². The van der Waals surface area contributed by atoms with Gasteiger partial charge in [-0.2, -0.15) is 0 Å². The molecular weight excluding hydrogens is 412 g/mol. The Labute approximate surface area is 192 Å². The monoisotopic (exact) mass is 446 g/mol. The van der Waals surface area contributed by atoms with Crippen molar-refractivity contribution in [1.82, 2.24) is 0 Å². The molecule has 0 aromatic heterocycles. The molecule has 1 aliphatic rings. The lowest BCUT2D eigenvalue weighted by atomic mass is 9.95. The van der Waals surface area contributed by atoms with Gasteiger partial charge in [-0.25, -0.2) is 0 Å². The van der Waals surface area contributed by atoms with Crippen molar-refractivity contribution in [1.29, 1.82) is 0 Å². The number of aliphatic hydroxyl groups excluding tert-OH is 2. The fourth-order valence-corrected chi connectivity index (χ4v) is 9.58. The average Bonchev–Trinajstić information content (AvgIpc) is 2.96. The van der Waals surface area contributed by atoms with Gasteiger partial charge in [-0.3, -0.25) is 0 Å². The van der Waals surface area contributed by atoms with Gasteiger partial charge in [0.1, 0.15) is 5.75 Å². The summed E-state index contributed by atoms with van der Waals surface area (Å²) in [6.07, 6.45) is 1.57. The van der Waals surface area contributed by atoms with Gasteiger partial charge in [-0.05, 0) is 51.9 Å². The first-order chi connectivity index (χ1) is 15.4. The number of hydrogen-bond donors (Lipinski definition) is 2. The smallest absolute Gasteiger partial charge is 0.319 e. The van der Waals surface area contributed by atoms with E-state index in [-0.39, 0.29) is 17.6 Å². The summed E-state index contributed by atoms with van der Waals surface area (Å²) in [4.78, 5) is 0. The highest BCUT2D eigenvalue weighted by atomic mass is 28.4. The lowest BCUT2D eigenvalue weighted by molar-refractivity contribution is 0.0644. The van der Waals surface area contributed by atoms with Gasteiger partial charge in [-0.1, -0.05) is 93.6 Å². The Hall–Kier alpha value is -2.40. The normalized spacial score (nSPS) is 19.2. The molecule has 0 heterocycles. The highest BCUT2D eigenvalue weighted by Gasteiger charge is 2.52. The quantitative estimate of drug-likeness (QED) is 0.459. The van der Waals surface area contributed by atoms with Gasteiger partial charge >= 0.3 is 8.32 Å². The molecule has 2 N–H and O–H groups in total. The third-order valence-electron chi connectivity index (χ3n) is 6.86. The van der Waals surface area contributed by atoms with Crippen LogP contribution >= 0.6 is 0 Å². The van der Waals surface area contributed by atoms with E-state index in [1.165, 1.54) is 21.5 Å². The van der Waals surface area contributed by atoms with Crippen LogP contribution in [-0.2, 0) is 12.8 Å². The number of fused-ring (bicyclic) bond motifs is 1. The summed E-state index contributed by atoms with van der Waals surface area (Å²) < 4.78 is 7.29. The van der Waals surface area contributed by atoms with Crippen LogP contribution in [0.2, 0.25) is 5.04 Å². The van der Waals surface area contributed by atoms with E-state index in [0.29, 0.717) is 12.8 Å². The van der Waals surface area contributed by atoms with Gasteiger partial charge in [0.15, 0.2) is 0 Å². The summed E-state index contributed by atoms with van der Waals surface area (Å²) in [6.45, 7) is 6.85. The van der Waals surface area contributed by atoms with Crippen molar-refractivity contribution in [3.63, 3.8) is 0 Å². The van der Waals surface area contributed by atoms with E-state index < -0.39 is 14.4 Å². The molecule has 0 saturated heterocycles. The molecule has 4 rings (SSSR count). The zero-order valence-corrected chi connectivity index (χ0v) is 20.3. The number of rotatable bonds is 5. The van der Waals surface area contributed by atoms with Crippen LogP contribution in [0.3, 0.4) is 0 Å². The third kappa shape index (κ3) is 4.15. The first-order valence-corrected chi connectivity index (χ1v) is 13.5. The van der Waals surface area contributed by atoms with E-state index in [2.05, 4.69) is 99.6 Å². The van der Waals surface area contributed by atoms with Crippen LogP contribution in [0, 0.1) is 5.92 Å². The fourth-order valence-electron chi connectivity index (χ4n) is 5.13. The molecule has 1 aliphatic carbocycles. The molecule has 2 unspecified atom stereocenters. The van der Waals surface area contributed by atoms with Gasteiger partial charge in [-0.15, -0.1) is 0 Å². The maximum atomic E-state index is 10.5. The van der Waals surface area contributed by atoms with Crippen LogP contribution in [0.4, 0.5) is 0 Å². The SMILES string of the molecule is CC(C)(C)[Si](Oc1cccc2c1CCC(O)C(CO)C2)(c1ccccc1)c1ccccc1. The third-order valence-corrected chi connectivity index (χ3v) is 11.8. The van der Waals surface area contributed by atoms with Crippen LogP contribution in [-0.4, -0.2) is 31.2 Å². The molecule has 168 valence electrons. The Kier molecular flexibility index (Phi) is 6.56. The van der Waals surface area contributed by atoms with Crippen LogP contribution in [0.1, 0.15) is 38.3 Å². The Morgan fingerprint density at radius 2 is 1.47 bits per heavy atom. The second-order valence-corrected chi connectivity index (χ2v) is 14.1. The topological polar surface area (TPSA) is 49.7 Å². The first-order valence-electron chi connectivity index (χ1n) is 11.6. The molecule has 32 heavy (non-hydrogen) atoms. The van der Waals surface area contributed by atoms with Gasteiger partial charge in [0, 0.05) is 12.5 Å². The number of hydrogen-bond acceptors (Lipinski definition) is 3. The molecule has 0 bridgehead atoms. The summed E-state index contributed by atoms with van der Waals surface area (Å²) in [7, 11) is -2.72. The van der Waals surface area contributed by atoms with Crippen molar-refractivity contribution in [2.75, 3.05) is 6.61 Å². The zero-order valence-electron chi connectivity index (χ0n) is 19.3. The summed E-state index contributed by atoms with van der Waals surface area (Å²) in [5.74, 6) is 0.793. The van der Waals surface area contributed by atoms with Crippen molar-refractivity contribution in [2.24, 2.45) is 5.92 Å². The summed E-state index contributed by atoms with van der Waals surface area (Å²) in [6, 6.07) is 27.6. The Balaban J connectivity index is 1.89. The molecule has 2 atom stereocenters. The largest absolute Gasteiger partial charge is 0.534 e. The second-order valence-electron chi connectivity index (χ2n) is 9.91. The molecule has 0 spiro atoms. The van der Waals surface area contributed by atoms with Crippen LogP contribution < -0.4 is 14.8 Å². The first kappa shape index (κ1) is 22.8. The second kappa shape index (κ2) is 9.22. The van der Waals surface area contributed by atoms with E-state index in [0.717, 1.165) is 12.2 Å². The lowest BCUT2D eigenvalue weighted by Gasteiger charge is -2.43. The molecule has 0 saturated carbocycles. The van der Waals surface area contributed by atoms with Gasteiger partial charge in [0.05, 0.1) is 6.10 Å². The minimum Gasteiger partial charge on any atom is -0.534 e. The number of benzene rings is 3. The predicted octanol–water partition coefficient (Wildman–Crippen LogP) is 4.08. The predicted molar refractivity (Wildman–Crippen MR) is 133 cm³/mol. The van der Waals surface area contributed by atoms with Crippen molar-refractivity contribution in [3.8, 4) is 5.75 Å². The zero-order chi connectivity index (χ0) is 22.8.